The van der Waals surface area contributed by atoms with Crippen molar-refractivity contribution in [2.75, 3.05) is 0 Å². The van der Waals surface area contributed by atoms with E-state index in [0.29, 0.717) is 11.2 Å². The van der Waals surface area contributed by atoms with Crippen molar-refractivity contribution in [2.45, 2.75) is 63.8 Å². The predicted octanol–water partition coefficient (Wildman–Crippen LogP) is 3.81. The number of nitrogens with zero attached hydrogens (tertiary/aromatic N) is 1. The molecule has 2 N–H and O–H groups in total. The van der Waals surface area contributed by atoms with E-state index in [2.05, 4.69) is 45.7 Å². The standard InChI is InChI=1S/C15H26N2S/c1-6-14(16)8-13-7-11(4)15(17-9-13)18-12(5)10(2)3/h7,9-10,12,14H,6,8,16H2,1-5H3. The zero-order chi connectivity index (χ0) is 13.7. The average molecular weight is 266 g/mol. The van der Waals surface area contributed by atoms with Crippen molar-refractivity contribution in [1.82, 2.24) is 4.98 Å². The first-order chi connectivity index (χ1) is 8.43. The molecule has 1 aromatic rings. The van der Waals surface area contributed by atoms with Crippen LogP contribution in [0.3, 0.4) is 0 Å². The number of thioether (sulfide) groups is 1. The molecule has 1 rings (SSSR count). The van der Waals surface area contributed by atoms with E-state index in [1.165, 1.54) is 11.1 Å². The summed E-state index contributed by atoms with van der Waals surface area (Å²) >= 11 is 1.87. The molecule has 2 atom stereocenters. The summed E-state index contributed by atoms with van der Waals surface area (Å²) in [5.41, 5.74) is 8.51. The zero-order valence-electron chi connectivity index (χ0n) is 12.2. The smallest absolute Gasteiger partial charge is 0.0991 e. The number of hydrogen-bond donors (Lipinski definition) is 1. The average Bonchev–Trinajstić information content (AvgIpc) is 2.32. The van der Waals surface area contributed by atoms with Crippen LogP contribution >= 0.6 is 11.8 Å². The van der Waals surface area contributed by atoms with Gasteiger partial charge in [-0.15, -0.1) is 11.8 Å². The van der Waals surface area contributed by atoms with Gasteiger partial charge >= 0.3 is 0 Å². The number of hydrogen-bond acceptors (Lipinski definition) is 3. The highest BCUT2D eigenvalue weighted by atomic mass is 32.2. The van der Waals surface area contributed by atoms with E-state index in [9.17, 15) is 0 Å². The first-order valence-electron chi connectivity index (χ1n) is 6.81. The first-order valence-corrected chi connectivity index (χ1v) is 7.69. The molecule has 2 unspecified atom stereocenters. The van der Waals surface area contributed by atoms with Crippen molar-refractivity contribution in [2.24, 2.45) is 11.7 Å². The van der Waals surface area contributed by atoms with Gasteiger partial charge in [-0.2, -0.15) is 0 Å². The summed E-state index contributed by atoms with van der Waals surface area (Å²) in [4.78, 5) is 4.60. The molecule has 102 valence electrons. The van der Waals surface area contributed by atoms with E-state index >= 15 is 0 Å². The quantitative estimate of drug-likeness (QED) is 0.796. The molecule has 1 aromatic heterocycles. The molecule has 2 nitrogen and oxygen atoms in total. The summed E-state index contributed by atoms with van der Waals surface area (Å²) in [5.74, 6) is 0.671. The monoisotopic (exact) mass is 266 g/mol. The molecule has 0 spiro atoms. The van der Waals surface area contributed by atoms with Crippen molar-refractivity contribution in [1.29, 1.82) is 0 Å². The maximum atomic E-state index is 5.98. The molecule has 1 heterocycles. The molecule has 18 heavy (non-hydrogen) atoms. The molecular formula is C15H26N2S. The van der Waals surface area contributed by atoms with Gasteiger partial charge in [-0.3, -0.25) is 0 Å². The van der Waals surface area contributed by atoms with Crippen LogP contribution in [-0.2, 0) is 6.42 Å². The van der Waals surface area contributed by atoms with Crippen LogP contribution in [0.2, 0.25) is 0 Å². The molecule has 0 fully saturated rings. The van der Waals surface area contributed by atoms with Gasteiger partial charge in [0.2, 0.25) is 0 Å². The summed E-state index contributed by atoms with van der Waals surface area (Å²) in [7, 11) is 0. The second kappa shape index (κ2) is 7.15. The van der Waals surface area contributed by atoms with Crippen LogP contribution in [0.4, 0.5) is 0 Å². The maximum absolute atomic E-state index is 5.98. The second-order valence-electron chi connectivity index (χ2n) is 5.41. The van der Waals surface area contributed by atoms with Crippen molar-refractivity contribution in [3.8, 4) is 0 Å². The Balaban J connectivity index is 2.73. The number of pyridine rings is 1. The molecular weight excluding hydrogens is 240 g/mol. The third-order valence-corrected chi connectivity index (χ3v) is 4.91. The van der Waals surface area contributed by atoms with Crippen LogP contribution < -0.4 is 5.73 Å². The fraction of sp³-hybridized carbons (Fsp3) is 0.667. The topological polar surface area (TPSA) is 38.9 Å². The van der Waals surface area contributed by atoms with Crippen molar-refractivity contribution >= 4 is 11.8 Å². The Kier molecular flexibility index (Phi) is 6.16. The van der Waals surface area contributed by atoms with Gasteiger partial charge in [0.05, 0.1) is 5.03 Å². The minimum Gasteiger partial charge on any atom is -0.327 e. The summed E-state index contributed by atoms with van der Waals surface area (Å²) in [6.07, 6.45) is 3.92. The van der Waals surface area contributed by atoms with E-state index < -0.39 is 0 Å². The van der Waals surface area contributed by atoms with E-state index in [0.717, 1.165) is 17.9 Å². The van der Waals surface area contributed by atoms with E-state index in [-0.39, 0.29) is 6.04 Å². The minimum atomic E-state index is 0.249. The van der Waals surface area contributed by atoms with Crippen LogP contribution in [0.15, 0.2) is 17.3 Å². The molecule has 0 aliphatic carbocycles. The van der Waals surface area contributed by atoms with Gasteiger partial charge in [0.15, 0.2) is 0 Å². The van der Waals surface area contributed by atoms with Crippen LogP contribution in [0.5, 0.6) is 0 Å². The van der Waals surface area contributed by atoms with Crippen molar-refractivity contribution < 1.29 is 0 Å². The molecule has 0 radical (unpaired) electrons. The lowest BCUT2D eigenvalue weighted by Crippen LogP contribution is -2.21. The molecule has 0 aliphatic heterocycles. The first kappa shape index (κ1) is 15.5. The summed E-state index contributed by atoms with van der Waals surface area (Å²) in [5, 5.41) is 1.75. The van der Waals surface area contributed by atoms with Gasteiger partial charge in [-0.25, -0.2) is 4.98 Å². The second-order valence-corrected chi connectivity index (χ2v) is 6.77. The Bertz CT molecular complexity index is 377. The lowest BCUT2D eigenvalue weighted by atomic mass is 10.1. The maximum Gasteiger partial charge on any atom is 0.0991 e. The van der Waals surface area contributed by atoms with Gasteiger partial charge in [-0.05, 0) is 36.8 Å². The number of aryl methyl sites for hydroxylation is 1. The third-order valence-electron chi connectivity index (χ3n) is 3.35. The Morgan fingerprint density at radius 1 is 1.33 bits per heavy atom. The van der Waals surface area contributed by atoms with Gasteiger partial charge in [-0.1, -0.05) is 33.8 Å². The Morgan fingerprint density at radius 2 is 2.00 bits per heavy atom. The third kappa shape index (κ3) is 4.62. The van der Waals surface area contributed by atoms with E-state index in [1.54, 1.807) is 0 Å². The van der Waals surface area contributed by atoms with Gasteiger partial charge in [0.1, 0.15) is 0 Å². The largest absolute Gasteiger partial charge is 0.327 e. The molecule has 0 aliphatic rings. The highest BCUT2D eigenvalue weighted by Crippen LogP contribution is 2.28. The molecule has 0 saturated carbocycles. The summed E-state index contributed by atoms with van der Waals surface area (Å²) in [6.45, 7) is 11.0. The van der Waals surface area contributed by atoms with E-state index in [4.69, 9.17) is 5.73 Å². The van der Waals surface area contributed by atoms with E-state index in [1.807, 2.05) is 18.0 Å². The highest BCUT2D eigenvalue weighted by Gasteiger charge is 2.12. The molecule has 0 bridgehead atoms. The highest BCUT2D eigenvalue weighted by molar-refractivity contribution is 7.99. The molecule has 0 saturated heterocycles. The van der Waals surface area contributed by atoms with Crippen molar-refractivity contribution in [3.05, 3.63) is 23.4 Å². The molecule has 3 heteroatoms. The predicted molar refractivity (Wildman–Crippen MR) is 81.1 cm³/mol. The van der Waals surface area contributed by atoms with Gasteiger partial charge < -0.3 is 5.73 Å². The molecule has 0 aromatic carbocycles. The van der Waals surface area contributed by atoms with Gasteiger partial charge in [0, 0.05) is 17.5 Å². The molecule has 0 amide bonds. The zero-order valence-corrected chi connectivity index (χ0v) is 13.1. The van der Waals surface area contributed by atoms with Crippen LogP contribution in [0.1, 0.15) is 45.2 Å². The lowest BCUT2D eigenvalue weighted by Gasteiger charge is -2.16. The van der Waals surface area contributed by atoms with Crippen molar-refractivity contribution in [3.63, 3.8) is 0 Å². The van der Waals surface area contributed by atoms with Crippen LogP contribution in [0, 0.1) is 12.8 Å². The number of aromatic nitrogens is 1. The SMILES string of the molecule is CCC(N)Cc1cnc(SC(C)C(C)C)c(C)c1. The normalized spacial score (nSPS) is 14.8. The minimum absolute atomic E-state index is 0.249. The Morgan fingerprint density at radius 3 is 2.50 bits per heavy atom. The fourth-order valence-electron chi connectivity index (χ4n) is 1.61. The Labute approximate surface area is 116 Å². The van der Waals surface area contributed by atoms with Crippen LogP contribution in [0.25, 0.3) is 0 Å². The Hall–Kier alpha value is -0.540. The number of rotatable bonds is 6. The fourth-order valence-corrected chi connectivity index (χ4v) is 2.60. The summed E-state index contributed by atoms with van der Waals surface area (Å²) < 4.78 is 0. The lowest BCUT2D eigenvalue weighted by molar-refractivity contribution is 0.639. The number of nitrogens with two attached hydrogens (primary N) is 1. The van der Waals surface area contributed by atoms with Crippen LogP contribution in [-0.4, -0.2) is 16.3 Å². The van der Waals surface area contributed by atoms with Gasteiger partial charge in [0.25, 0.3) is 0 Å². The summed E-state index contributed by atoms with van der Waals surface area (Å²) in [6, 6.07) is 2.48.